The SMILES string of the molecule is Cc1ccccc1CN(C)C(=O)CCCNC(=O)NC1CCCCC1. The molecule has 1 aliphatic carbocycles. The standard InChI is InChI=1S/C20H31N3O2/c1-16-9-6-7-10-17(16)15-23(2)19(24)13-8-14-21-20(25)22-18-11-4-3-5-12-18/h6-7,9-10,18H,3-5,8,11-15H2,1-2H3,(H2,21,22,25). The zero-order valence-corrected chi connectivity index (χ0v) is 15.5. The molecule has 0 unspecified atom stereocenters. The zero-order chi connectivity index (χ0) is 18.1. The molecule has 2 rings (SSSR count). The quantitative estimate of drug-likeness (QED) is 0.744. The van der Waals surface area contributed by atoms with Crippen molar-refractivity contribution in [3.05, 3.63) is 35.4 Å². The molecule has 25 heavy (non-hydrogen) atoms. The number of nitrogens with zero attached hydrogens (tertiary/aromatic N) is 1. The molecular weight excluding hydrogens is 314 g/mol. The predicted molar refractivity (Wildman–Crippen MR) is 100 cm³/mol. The summed E-state index contributed by atoms with van der Waals surface area (Å²) < 4.78 is 0. The van der Waals surface area contributed by atoms with Crippen LogP contribution < -0.4 is 10.6 Å². The van der Waals surface area contributed by atoms with Gasteiger partial charge in [0.15, 0.2) is 0 Å². The summed E-state index contributed by atoms with van der Waals surface area (Å²) in [6.07, 6.45) is 6.95. The van der Waals surface area contributed by atoms with Gasteiger partial charge in [0.1, 0.15) is 0 Å². The Morgan fingerprint density at radius 2 is 1.88 bits per heavy atom. The first-order valence-corrected chi connectivity index (χ1v) is 9.39. The monoisotopic (exact) mass is 345 g/mol. The van der Waals surface area contributed by atoms with Crippen molar-refractivity contribution < 1.29 is 9.59 Å². The van der Waals surface area contributed by atoms with Crippen LogP contribution in [0.4, 0.5) is 4.79 Å². The Labute approximate surface area is 151 Å². The van der Waals surface area contributed by atoms with Crippen molar-refractivity contribution in [3.8, 4) is 0 Å². The highest BCUT2D eigenvalue weighted by molar-refractivity contribution is 5.76. The van der Waals surface area contributed by atoms with Crippen LogP contribution in [0.5, 0.6) is 0 Å². The molecule has 0 heterocycles. The van der Waals surface area contributed by atoms with E-state index in [4.69, 9.17) is 0 Å². The van der Waals surface area contributed by atoms with Crippen molar-refractivity contribution in [1.82, 2.24) is 15.5 Å². The largest absolute Gasteiger partial charge is 0.341 e. The molecule has 0 aromatic heterocycles. The van der Waals surface area contributed by atoms with Gasteiger partial charge in [0.2, 0.25) is 5.91 Å². The number of nitrogens with one attached hydrogen (secondary N) is 2. The Kier molecular flexibility index (Phi) is 7.76. The van der Waals surface area contributed by atoms with Crippen LogP contribution in [0, 0.1) is 6.92 Å². The highest BCUT2D eigenvalue weighted by Gasteiger charge is 2.15. The van der Waals surface area contributed by atoms with Crippen molar-refractivity contribution in [2.24, 2.45) is 0 Å². The van der Waals surface area contributed by atoms with E-state index >= 15 is 0 Å². The summed E-state index contributed by atoms with van der Waals surface area (Å²) in [5, 5.41) is 5.89. The van der Waals surface area contributed by atoms with Crippen LogP contribution in [0.3, 0.4) is 0 Å². The second-order valence-electron chi connectivity index (χ2n) is 7.02. The van der Waals surface area contributed by atoms with E-state index in [1.165, 1.54) is 30.4 Å². The van der Waals surface area contributed by atoms with Crippen LogP contribution in [0.25, 0.3) is 0 Å². The Bertz CT molecular complexity index is 568. The third kappa shape index (κ3) is 6.77. The third-order valence-corrected chi connectivity index (χ3v) is 4.89. The molecule has 0 aliphatic heterocycles. The Morgan fingerprint density at radius 1 is 1.16 bits per heavy atom. The van der Waals surface area contributed by atoms with Crippen molar-refractivity contribution in [2.75, 3.05) is 13.6 Å². The first kappa shape index (κ1) is 19.3. The normalized spacial score (nSPS) is 14.8. The fourth-order valence-electron chi connectivity index (χ4n) is 3.25. The molecule has 0 bridgehead atoms. The zero-order valence-electron chi connectivity index (χ0n) is 15.5. The molecule has 1 fully saturated rings. The maximum absolute atomic E-state index is 12.2. The van der Waals surface area contributed by atoms with Gasteiger partial charge < -0.3 is 15.5 Å². The number of carbonyl (C=O) groups excluding carboxylic acids is 2. The van der Waals surface area contributed by atoms with Gasteiger partial charge in [-0.15, -0.1) is 0 Å². The minimum absolute atomic E-state index is 0.104. The molecule has 5 heteroatoms. The molecular formula is C20H31N3O2. The molecule has 0 spiro atoms. The summed E-state index contributed by atoms with van der Waals surface area (Å²) in [5.74, 6) is 0.109. The van der Waals surface area contributed by atoms with Gasteiger partial charge >= 0.3 is 6.03 Å². The summed E-state index contributed by atoms with van der Waals surface area (Å²) >= 11 is 0. The molecule has 2 N–H and O–H groups in total. The van der Waals surface area contributed by atoms with Crippen LogP contribution in [-0.2, 0) is 11.3 Å². The number of hydrogen-bond donors (Lipinski definition) is 2. The van der Waals surface area contributed by atoms with Gasteiger partial charge in [0, 0.05) is 32.6 Å². The fraction of sp³-hybridized carbons (Fsp3) is 0.600. The summed E-state index contributed by atoms with van der Waals surface area (Å²) in [6.45, 7) is 3.21. The number of carbonyl (C=O) groups is 2. The van der Waals surface area contributed by atoms with Crippen LogP contribution in [-0.4, -0.2) is 36.5 Å². The van der Waals surface area contributed by atoms with E-state index in [0.717, 1.165) is 12.8 Å². The third-order valence-electron chi connectivity index (χ3n) is 4.89. The number of aryl methyl sites for hydroxylation is 1. The summed E-state index contributed by atoms with van der Waals surface area (Å²) in [5.41, 5.74) is 2.37. The summed E-state index contributed by atoms with van der Waals surface area (Å²) in [4.78, 5) is 25.8. The molecule has 5 nitrogen and oxygen atoms in total. The van der Waals surface area contributed by atoms with Gasteiger partial charge in [-0.1, -0.05) is 43.5 Å². The lowest BCUT2D eigenvalue weighted by atomic mass is 9.96. The fourth-order valence-corrected chi connectivity index (χ4v) is 3.25. The molecule has 1 aromatic carbocycles. The maximum Gasteiger partial charge on any atom is 0.315 e. The van der Waals surface area contributed by atoms with E-state index in [9.17, 15) is 9.59 Å². The van der Waals surface area contributed by atoms with E-state index in [1.54, 1.807) is 4.90 Å². The number of urea groups is 1. The van der Waals surface area contributed by atoms with Gasteiger partial charge in [0.25, 0.3) is 0 Å². The number of hydrogen-bond acceptors (Lipinski definition) is 2. The number of benzene rings is 1. The van der Waals surface area contributed by atoms with Crippen LogP contribution in [0.15, 0.2) is 24.3 Å². The van der Waals surface area contributed by atoms with Gasteiger partial charge in [0.05, 0.1) is 0 Å². The average Bonchev–Trinajstić information content (AvgIpc) is 2.61. The average molecular weight is 345 g/mol. The highest BCUT2D eigenvalue weighted by Crippen LogP contribution is 2.17. The predicted octanol–water partition coefficient (Wildman–Crippen LogP) is 3.37. The van der Waals surface area contributed by atoms with Crippen molar-refractivity contribution in [1.29, 1.82) is 0 Å². The van der Waals surface area contributed by atoms with Gasteiger partial charge in [-0.2, -0.15) is 0 Å². The summed E-state index contributed by atoms with van der Waals surface area (Å²) in [7, 11) is 1.83. The smallest absolute Gasteiger partial charge is 0.315 e. The number of rotatable bonds is 7. The lowest BCUT2D eigenvalue weighted by Crippen LogP contribution is -2.43. The molecule has 138 valence electrons. The molecule has 0 saturated heterocycles. The van der Waals surface area contributed by atoms with Crippen molar-refractivity contribution in [2.45, 2.75) is 64.5 Å². The van der Waals surface area contributed by atoms with E-state index in [0.29, 0.717) is 32.0 Å². The van der Waals surface area contributed by atoms with E-state index < -0.39 is 0 Å². The molecule has 1 aliphatic rings. The molecule has 1 saturated carbocycles. The van der Waals surface area contributed by atoms with Crippen molar-refractivity contribution >= 4 is 11.9 Å². The first-order valence-electron chi connectivity index (χ1n) is 9.39. The summed E-state index contributed by atoms with van der Waals surface area (Å²) in [6, 6.07) is 8.32. The minimum atomic E-state index is -0.104. The Hall–Kier alpha value is -2.04. The van der Waals surface area contributed by atoms with Crippen LogP contribution in [0.2, 0.25) is 0 Å². The lowest BCUT2D eigenvalue weighted by molar-refractivity contribution is -0.130. The Balaban J connectivity index is 1.61. The van der Waals surface area contributed by atoms with Gasteiger partial charge in [-0.3, -0.25) is 4.79 Å². The minimum Gasteiger partial charge on any atom is -0.341 e. The van der Waals surface area contributed by atoms with E-state index in [-0.39, 0.29) is 11.9 Å². The van der Waals surface area contributed by atoms with Gasteiger partial charge in [-0.05, 0) is 37.3 Å². The van der Waals surface area contributed by atoms with E-state index in [2.05, 4.69) is 29.7 Å². The topological polar surface area (TPSA) is 61.4 Å². The van der Waals surface area contributed by atoms with Gasteiger partial charge in [-0.25, -0.2) is 4.79 Å². The first-order chi connectivity index (χ1) is 12.1. The molecule has 1 aromatic rings. The lowest BCUT2D eigenvalue weighted by Gasteiger charge is -2.23. The van der Waals surface area contributed by atoms with Crippen LogP contribution in [0.1, 0.15) is 56.1 Å². The highest BCUT2D eigenvalue weighted by atomic mass is 16.2. The second kappa shape index (κ2) is 10.1. The molecule has 0 radical (unpaired) electrons. The number of amides is 3. The second-order valence-corrected chi connectivity index (χ2v) is 7.02. The van der Waals surface area contributed by atoms with E-state index in [1.807, 2.05) is 19.2 Å². The molecule has 0 atom stereocenters. The molecule has 3 amide bonds. The van der Waals surface area contributed by atoms with Crippen molar-refractivity contribution in [3.63, 3.8) is 0 Å². The van der Waals surface area contributed by atoms with Crippen LogP contribution >= 0.6 is 0 Å². The maximum atomic E-state index is 12.2. The Morgan fingerprint density at radius 3 is 2.60 bits per heavy atom.